The molecule has 29 heavy (non-hydrogen) atoms. The summed E-state index contributed by atoms with van der Waals surface area (Å²) in [5.41, 5.74) is 3.20. The highest BCUT2D eigenvalue weighted by molar-refractivity contribution is 8.26. The standard InChI is InChI=1S/C20H18N2O5S2/c1-3-27-15-9-8-12(10-16(15)26-2)11-17-19(25)22(20(28)29-17)21-18(24)13-6-4-5-7-14(13)23/h4-11,23H,3H2,1-2H3,(H,21,24)/b17-11-. The van der Waals surface area contributed by atoms with Crippen molar-refractivity contribution in [3.8, 4) is 17.2 Å². The predicted molar refractivity (Wildman–Crippen MR) is 115 cm³/mol. The van der Waals surface area contributed by atoms with E-state index in [-0.39, 0.29) is 15.6 Å². The van der Waals surface area contributed by atoms with Crippen LogP contribution in [0.5, 0.6) is 17.2 Å². The number of rotatable bonds is 6. The number of aromatic hydroxyl groups is 1. The minimum absolute atomic E-state index is 0.0433. The van der Waals surface area contributed by atoms with Crippen LogP contribution in [-0.4, -0.2) is 40.0 Å². The minimum atomic E-state index is -0.636. The van der Waals surface area contributed by atoms with Crippen molar-refractivity contribution in [1.82, 2.24) is 10.4 Å². The molecule has 2 N–H and O–H groups in total. The Morgan fingerprint density at radius 1 is 1.28 bits per heavy atom. The molecule has 2 aromatic rings. The van der Waals surface area contributed by atoms with E-state index in [1.54, 1.807) is 36.4 Å². The zero-order valence-corrected chi connectivity index (χ0v) is 17.3. The molecule has 0 radical (unpaired) electrons. The summed E-state index contributed by atoms with van der Waals surface area (Å²) < 4.78 is 11.0. The van der Waals surface area contributed by atoms with E-state index in [1.807, 2.05) is 6.92 Å². The number of hydrogen-bond donors (Lipinski definition) is 2. The normalized spacial score (nSPS) is 15.0. The third kappa shape index (κ3) is 4.52. The van der Waals surface area contributed by atoms with Crippen molar-refractivity contribution < 1.29 is 24.2 Å². The van der Waals surface area contributed by atoms with Gasteiger partial charge in [0.2, 0.25) is 0 Å². The summed E-state index contributed by atoms with van der Waals surface area (Å²) >= 11 is 6.29. The van der Waals surface area contributed by atoms with Gasteiger partial charge >= 0.3 is 0 Å². The number of benzene rings is 2. The molecule has 3 rings (SSSR count). The van der Waals surface area contributed by atoms with Crippen LogP contribution in [0.2, 0.25) is 0 Å². The Balaban J connectivity index is 1.80. The number of carbonyl (C=O) groups excluding carboxylic acids is 2. The number of methoxy groups -OCH3 is 1. The summed E-state index contributed by atoms with van der Waals surface area (Å²) in [7, 11) is 1.54. The number of ether oxygens (including phenoxy) is 2. The lowest BCUT2D eigenvalue weighted by molar-refractivity contribution is -0.123. The van der Waals surface area contributed by atoms with Crippen LogP contribution < -0.4 is 14.9 Å². The lowest BCUT2D eigenvalue weighted by atomic mass is 10.2. The molecular formula is C20H18N2O5S2. The molecule has 0 saturated carbocycles. The van der Waals surface area contributed by atoms with E-state index in [9.17, 15) is 14.7 Å². The molecule has 2 amide bonds. The van der Waals surface area contributed by atoms with Gasteiger partial charge in [-0.3, -0.25) is 15.0 Å². The Labute approximate surface area is 177 Å². The zero-order chi connectivity index (χ0) is 21.0. The van der Waals surface area contributed by atoms with Crippen molar-refractivity contribution >= 4 is 46.2 Å². The molecule has 9 heteroatoms. The average Bonchev–Trinajstić information content (AvgIpc) is 2.97. The molecule has 0 aromatic heterocycles. The van der Waals surface area contributed by atoms with Gasteiger partial charge in [0.25, 0.3) is 11.8 Å². The van der Waals surface area contributed by atoms with E-state index < -0.39 is 11.8 Å². The van der Waals surface area contributed by atoms with Gasteiger partial charge < -0.3 is 14.6 Å². The fraction of sp³-hybridized carbons (Fsp3) is 0.150. The van der Waals surface area contributed by atoms with Crippen LogP contribution in [0.4, 0.5) is 0 Å². The van der Waals surface area contributed by atoms with E-state index in [1.165, 1.54) is 19.2 Å². The number of carbonyl (C=O) groups is 2. The molecule has 0 aliphatic carbocycles. The van der Waals surface area contributed by atoms with Crippen LogP contribution in [-0.2, 0) is 4.79 Å². The number of para-hydroxylation sites is 1. The van der Waals surface area contributed by atoms with Gasteiger partial charge in [-0.15, -0.1) is 0 Å². The maximum absolute atomic E-state index is 12.7. The van der Waals surface area contributed by atoms with Gasteiger partial charge in [-0.1, -0.05) is 30.0 Å². The largest absolute Gasteiger partial charge is 0.507 e. The van der Waals surface area contributed by atoms with Crippen molar-refractivity contribution in [3.63, 3.8) is 0 Å². The van der Waals surface area contributed by atoms with Gasteiger partial charge in [0, 0.05) is 0 Å². The number of hydrazine groups is 1. The van der Waals surface area contributed by atoms with Crippen LogP contribution in [0.15, 0.2) is 47.4 Å². The van der Waals surface area contributed by atoms with Crippen molar-refractivity contribution in [2.45, 2.75) is 6.92 Å². The molecule has 2 aromatic carbocycles. The highest BCUT2D eigenvalue weighted by Crippen LogP contribution is 2.34. The minimum Gasteiger partial charge on any atom is -0.507 e. The molecule has 0 bridgehead atoms. The van der Waals surface area contributed by atoms with Crippen molar-refractivity contribution in [2.24, 2.45) is 0 Å². The first kappa shape index (κ1) is 20.7. The smallest absolute Gasteiger partial charge is 0.285 e. The maximum atomic E-state index is 12.7. The second-order valence-corrected chi connectivity index (χ2v) is 7.49. The molecule has 1 saturated heterocycles. The number of phenols is 1. The number of thiocarbonyl (C=S) groups is 1. The number of nitrogens with zero attached hydrogens (tertiary/aromatic N) is 1. The Morgan fingerprint density at radius 2 is 2.03 bits per heavy atom. The molecule has 150 valence electrons. The monoisotopic (exact) mass is 430 g/mol. The molecule has 0 unspecified atom stereocenters. The molecule has 0 spiro atoms. The van der Waals surface area contributed by atoms with Gasteiger partial charge in [-0.25, -0.2) is 0 Å². The SMILES string of the molecule is CCOc1ccc(/C=C2\SC(=S)N(NC(=O)c3ccccc3O)C2=O)cc1OC. The first-order chi connectivity index (χ1) is 13.9. The quantitative estimate of drug-likeness (QED) is 0.537. The molecular weight excluding hydrogens is 412 g/mol. The lowest BCUT2D eigenvalue weighted by Crippen LogP contribution is -2.44. The van der Waals surface area contributed by atoms with Crippen LogP contribution in [0, 0.1) is 0 Å². The summed E-state index contributed by atoms with van der Waals surface area (Å²) in [5.74, 6) is -0.133. The van der Waals surface area contributed by atoms with Crippen LogP contribution >= 0.6 is 24.0 Å². The zero-order valence-electron chi connectivity index (χ0n) is 15.7. The second kappa shape index (κ2) is 8.97. The predicted octanol–water partition coefficient (Wildman–Crippen LogP) is 3.35. The van der Waals surface area contributed by atoms with Crippen molar-refractivity contribution in [1.29, 1.82) is 0 Å². The Bertz CT molecular complexity index is 1010. The van der Waals surface area contributed by atoms with Gasteiger partial charge in [-0.05, 0) is 55.0 Å². The van der Waals surface area contributed by atoms with E-state index in [4.69, 9.17) is 21.7 Å². The molecule has 7 nitrogen and oxygen atoms in total. The second-order valence-electron chi connectivity index (χ2n) is 5.82. The molecule has 1 aliphatic heterocycles. The first-order valence-electron chi connectivity index (χ1n) is 8.62. The molecule has 1 aliphatic rings. The lowest BCUT2D eigenvalue weighted by Gasteiger charge is -2.16. The van der Waals surface area contributed by atoms with Crippen molar-refractivity contribution in [2.75, 3.05) is 13.7 Å². The summed E-state index contributed by atoms with van der Waals surface area (Å²) in [6.07, 6.45) is 1.66. The summed E-state index contributed by atoms with van der Waals surface area (Å²) in [6, 6.07) is 11.3. The number of thioether (sulfide) groups is 1. The van der Waals surface area contributed by atoms with Crippen LogP contribution in [0.3, 0.4) is 0 Å². The number of nitrogens with one attached hydrogen (secondary N) is 1. The number of hydrogen-bond acceptors (Lipinski definition) is 7. The fourth-order valence-corrected chi connectivity index (χ4v) is 3.77. The van der Waals surface area contributed by atoms with Gasteiger partial charge in [0.05, 0.1) is 24.2 Å². The van der Waals surface area contributed by atoms with Gasteiger partial charge in [0.15, 0.2) is 15.8 Å². The maximum Gasteiger partial charge on any atom is 0.285 e. The highest BCUT2D eigenvalue weighted by atomic mass is 32.2. The van der Waals surface area contributed by atoms with E-state index in [0.717, 1.165) is 22.3 Å². The fourth-order valence-electron chi connectivity index (χ4n) is 2.59. The topological polar surface area (TPSA) is 88.1 Å². The highest BCUT2D eigenvalue weighted by Gasteiger charge is 2.34. The molecule has 0 atom stereocenters. The average molecular weight is 431 g/mol. The Hall–Kier alpha value is -3.04. The Morgan fingerprint density at radius 3 is 2.72 bits per heavy atom. The van der Waals surface area contributed by atoms with E-state index >= 15 is 0 Å². The number of phenolic OH excluding ortho intramolecular Hbond substituents is 1. The van der Waals surface area contributed by atoms with Crippen LogP contribution in [0.25, 0.3) is 6.08 Å². The number of amides is 2. The van der Waals surface area contributed by atoms with Gasteiger partial charge in [-0.2, -0.15) is 5.01 Å². The van der Waals surface area contributed by atoms with Crippen molar-refractivity contribution in [3.05, 3.63) is 58.5 Å². The molecule has 1 heterocycles. The van der Waals surface area contributed by atoms with Crippen LogP contribution in [0.1, 0.15) is 22.8 Å². The van der Waals surface area contributed by atoms with E-state index in [2.05, 4.69) is 5.43 Å². The Kier molecular flexibility index (Phi) is 6.40. The third-order valence-corrected chi connectivity index (χ3v) is 5.24. The summed E-state index contributed by atoms with van der Waals surface area (Å²) in [5, 5.41) is 10.8. The third-order valence-electron chi connectivity index (χ3n) is 3.94. The molecule has 1 fully saturated rings. The summed E-state index contributed by atoms with van der Waals surface area (Å²) in [4.78, 5) is 25.4. The summed E-state index contributed by atoms with van der Waals surface area (Å²) in [6.45, 7) is 2.38. The first-order valence-corrected chi connectivity index (χ1v) is 9.84. The van der Waals surface area contributed by atoms with E-state index in [0.29, 0.717) is 23.0 Å². The van der Waals surface area contributed by atoms with Gasteiger partial charge in [0.1, 0.15) is 5.75 Å².